The minimum atomic E-state index is -0.405. The number of hydrogen-bond acceptors (Lipinski definition) is 1. The third-order valence-electron chi connectivity index (χ3n) is 2.84. The van der Waals surface area contributed by atoms with E-state index in [2.05, 4.69) is 0 Å². The van der Waals surface area contributed by atoms with Gasteiger partial charge < -0.3 is 4.90 Å². The molecule has 0 atom stereocenters. The molecule has 2 rings (SSSR count). The molecule has 0 heterocycles. The monoisotopic (exact) mass is 295 g/mol. The lowest BCUT2D eigenvalue weighted by molar-refractivity contribution is -0.116. The van der Waals surface area contributed by atoms with Gasteiger partial charge in [0.2, 0.25) is 5.91 Å². The van der Waals surface area contributed by atoms with Crippen molar-refractivity contribution in [1.82, 2.24) is 0 Å². The number of carbonyl (C=O) groups is 1. The highest BCUT2D eigenvalue weighted by molar-refractivity contribution is 6.29. The number of halogens is 3. The number of hydrogen-bond donors (Lipinski definition) is 0. The van der Waals surface area contributed by atoms with E-state index in [1.165, 1.54) is 35.2 Å². The number of nitrogens with zero attached hydrogens (tertiary/aromatic N) is 1. The second kappa shape index (κ2) is 6.48. The molecule has 0 N–H and O–H groups in total. The van der Waals surface area contributed by atoms with E-state index in [1.54, 1.807) is 18.2 Å². The van der Waals surface area contributed by atoms with Crippen LogP contribution in [0.5, 0.6) is 0 Å². The van der Waals surface area contributed by atoms with Crippen molar-refractivity contribution in [2.75, 3.05) is 10.8 Å². The van der Waals surface area contributed by atoms with Gasteiger partial charge in [0.05, 0.1) is 6.54 Å². The molecule has 0 unspecified atom stereocenters. The van der Waals surface area contributed by atoms with Crippen LogP contribution < -0.4 is 4.90 Å². The Labute approximate surface area is 120 Å². The summed E-state index contributed by atoms with van der Waals surface area (Å²) in [5, 5.41) is 0. The first-order valence-corrected chi connectivity index (χ1v) is 6.50. The summed E-state index contributed by atoms with van der Waals surface area (Å²) in [6.07, 6.45) is 0. The quantitative estimate of drug-likeness (QED) is 0.787. The Balaban J connectivity index is 2.31. The standard InChI is InChI=1S/C15H12ClF2NO/c16-9-15(20)19(13-7-5-12(17)6-8-13)10-11-3-1-2-4-14(11)18/h1-8H,9-10H2. The topological polar surface area (TPSA) is 20.3 Å². The number of anilines is 1. The van der Waals surface area contributed by atoms with Crippen LogP contribution in [-0.4, -0.2) is 11.8 Å². The highest BCUT2D eigenvalue weighted by atomic mass is 35.5. The van der Waals surface area contributed by atoms with Gasteiger partial charge in [-0.15, -0.1) is 11.6 Å². The van der Waals surface area contributed by atoms with Gasteiger partial charge in [-0.1, -0.05) is 18.2 Å². The second-order valence-electron chi connectivity index (χ2n) is 4.18. The Morgan fingerprint density at radius 2 is 1.70 bits per heavy atom. The molecule has 5 heteroatoms. The van der Waals surface area contributed by atoms with Gasteiger partial charge in [-0.3, -0.25) is 4.79 Å². The molecule has 104 valence electrons. The van der Waals surface area contributed by atoms with Crippen molar-refractivity contribution in [2.24, 2.45) is 0 Å². The molecule has 0 bridgehead atoms. The Morgan fingerprint density at radius 3 is 2.30 bits per heavy atom. The minimum Gasteiger partial charge on any atom is -0.307 e. The molecule has 0 aromatic heterocycles. The lowest BCUT2D eigenvalue weighted by Crippen LogP contribution is -2.31. The zero-order valence-electron chi connectivity index (χ0n) is 10.5. The predicted octanol–water partition coefficient (Wildman–Crippen LogP) is 3.74. The molecule has 20 heavy (non-hydrogen) atoms. The molecule has 0 aliphatic carbocycles. The summed E-state index contributed by atoms with van der Waals surface area (Å²) in [5.41, 5.74) is 0.843. The number of rotatable bonds is 4. The van der Waals surface area contributed by atoms with Crippen LogP contribution in [-0.2, 0) is 11.3 Å². The fourth-order valence-corrected chi connectivity index (χ4v) is 1.96. The van der Waals surface area contributed by atoms with Crippen molar-refractivity contribution in [1.29, 1.82) is 0 Å². The molecule has 2 aromatic rings. The van der Waals surface area contributed by atoms with Crippen molar-refractivity contribution in [3.63, 3.8) is 0 Å². The molecule has 0 saturated carbocycles. The van der Waals surface area contributed by atoms with Crippen LogP contribution in [0.4, 0.5) is 14.5 Å². The van der Waals surface area contributed by atoms with Crippen molar-refractivity contribution >= 4 is 23.2 Å². The predicted molar refractivity (Wildman–Crippen MR) is 74.7 cm³/mol. The van der Waals surface area contributed by atoms with Crippen molar-refractivity contribution in [2.45, 2.75) is 6.54 Å². The summed E-state index contributed by atoms with van der Waals surface area (Å²) in [5.74, 6) is -1.41. The van der Waals surface area contributed by atoms with E-state index in [0.717, 1.165) is 0 Å². The van der Waals surface area contributed by atoms with Crippen LogP contribution in [0.2, 0.25) is 0 Å². The van der Waals surface area contributed by atoms with E-state index in [-0.39, 0.29) is 18.3 Å². The van der Waals surface area contributed by atoms with Gasteiger partial charge in [0, 0.05) is 11.3 Å². The minimum absolute atomic E-state index is 0.0455. The maximum Gasteiger partial charge on any atom is 0.242 e. The van der Waals surface area contributed by atoms with E-state index >= 15 is 0 Å². The van der Waals surface area contributed by atoms with Gasteiger partial charge in [-0.25, -0.2) is 8.78 Å². The summed E-state index contributed by atoms with van der Waals surface area (Å²) < 4.78 is 26.6. The molecular weight excluding hydrogens is 284 g/mol. The average Bonchev–Trinajstić information content (AvgIpc) is 2.47. The van der Waals surface area contributed by atoms with Crippen molar-refractivity contribution < 1.29 is 13.6 Å². The van der Waals surface area contributed by atoms with Gasteiger partial charge >= 0.3 is 0 Å². The van der Waals surface area contributed by atoms with E-state index in [9.17, 15) is 13.6 Å². The van der Waals surface area contributed by atoms with Crippen LogP contribution in [0.25, 0.3) is 0 Å². The number of amides is 1. The van der Waals surface area contributed by atoms with Gasteiger partial charge in [0.15, 0.2) is 0 Å². The summed E-state index contributed by atoms with van der Waals surface area (Å²) in [7, 11) is 0. The van der Waals surface area contributed by atoms with Gasteiger partial charge in [0.1, 0.15) is 17.5 Å². The number of alkyl halides is 1. The van der Waals surface area contributed by atoms with Crippen LogP contribution in [0, 0.1) is 11.6 Å². The third kappa shape index (κ3) is 3.33. The van der Waals surface area contributed by atoms with Gasteiger partial charge in [-0.2, -0.15) is 0 Å². The van der Waals surface area contributed by atoms with Crippen LogP contribution >= 0.6 is 11.6 Å². The molecule has 0 aliphatic heterocycles. The normalized spacial score (nSPS) is 10.3. The van der Waals surface area contributed by atoms with Crippen LogP contribution in [0.3, 0.4) is 0 Å². The van der Waals surface area contributed by atoms with Crippen molar-refractivity contribution in [3.8, 4) is 0 Å². The first-order chi connectivity index (χ1) is 9.61. The molecule has 0 saturated heterocycles. The zero-order chi connectivity index (χ0) is 14.5. The fourth-order valence-electron chi connectivity index (χ4n) is 1.81. The zero-order valence-corrected chi connectivity index (χ0v) is 11.3. The van der Waals surface area contributed by atoms with Crippen LogP contribution in [0.15, 0.2) is 48.5 Å². The fraction of sp³-hybridized carbons (Fsp3) is 0.133. The Kier molecular flexibility index (Phi) is 4.69. The summed E-state index contributed by atoms with van der Waals surface area (Å²) in [6, 6.07) is 11.6. The molecular formula is C15H12ClF2NO. The van der Waals surface area contributed by atoms with Gasteiger partial charge in [-0.05, 0) is 30.3 Å². The number of benzene rings is 2. The smallest absolute Gasteiger partial charge is 0.242 e. The summed E-state index contributed by atoms with van der Waals surface area (Å²) in [4.78, 5) is 13.2. The van der Waals surface area contributed by atoms with E-state index in [0.29, 0.717) is 11.3 Å². The number of carbonyl (C=O) groups excluding carboxylic acids is 1. The molecule has 0 fully saturated rings. The SMILES string of the molecule is O=C(CCl)N(Cc1ccccc1F)c1ccc(F)cc1. The lowest BCUT2D eigenvalue weighted by atomic mass is 10.2. The van der Waals surface area contributed by atoms with Crippen molar-refractivity contribution in [3.05, 3.63) is 65.7 Å². The lowest BCUT2D eigenvalue weighted by Gasteiger charge is -2.22. The highest BCUT2D eigenvalue weighted by Gasteiger charge is 2.16. The Morgan fingerprint density at radius 1 is 1.05 bits per heavy atom. The first-order valence-electron chi connectivity index (χ1n) is 5.97. The molecule has 0 radical (unpaired) electrons. The largest absolute Gasteiger partial charge is 0.307 e. The van der Waals surface area contributed by atoms with E-state index in [1.807, 2.05) is 0 Å². The second-order valence-corrected chi connectivity index (χ2v) is 4.45. The average molecular weight is 296 g/mol. The Hall–Kier alpha value is -1.94. The van der Waals surface area contributed by atoms with Crippen LogP contribution in [0.1, 0.15) is 5.56 Å². The maximum absolute atomic E-state index is 13.7. The highest BCUT2D eigenvalue weighted by Crippen LogP contribution is 2.19. The molecule has 2 nitrogen and oxygen atoms in total. The molecule has 0 spiro atoms. The molecule has 2 aromatic carbocycles. The van der Waals surface area contributed by atoms with Gasteiger partial charge in [0.25, 0.3) is 0 Å². The summed E-state index contributed by atoms with van der Waals surface area (Å²) >= 11 is 5.57. The first kappa shape index (κ1) is 14.5. The third-order valence-corrected chi connectivity index (χ3v) is 3.07. The maximum atomic E-state index is 13.7. The van der Waals surface area contributed by atoms with E-state index < -0.39 is 11.6 Å². The molecule has 0 aliphatic rings. The summed E-state index contributed by atoms with van der Waals surface area (Å²) in [6.45, 7) is 0.0455. The Bertz CT molecular complexity index is 601. The van der Waals surface area contributed by atoms with E-state index in [4.69, 9.17) is 11.6 Å². The molecule has 1 amide bonds.